The molecule has 0 atom stereocenters. The van der Waals surface area contributed by atoms with Crippen molar-refractivity contribution in [1.82, 2.24) is 9.99 Å². The van der Waals surface area contributed by atoms with E-state index in [1.54, 1.807) is 6.21 Å². The summed E-state index contributed by atoms with van der Waals surface area (Å²) in [4.78, 5) is 15.0. The molecule has 0 bridgehead atoms. The predicted octanol–water partition coefficient (Wildman–Crippen LogP) is 5.05. The number of para-hydroxylation sites is 1. The van der Waals surface area contributed by atoms with E-state index in [2.05, 4.69) is 57.2 Å². The lowest BCUT2D eigenvalue weighted by atomic mass is 10.1. The van der Waals surface area contributed by atoms with Gasteiger partial charge < -0.3 is 14.2 Å². The van der Waals surface area contributed by atoms with Gasteiger partial charge in [0.15, 0.2) is 0 Å². The number of hydrazone groups is 1. The monoisotopic (exact) mass is 464 g/mol. The summed E-state index contributed by atoms with van der Waals surface area (Å²) in [7, 11) is 0. The number of anilines is 1. The van der Waals surface area contributed by atoms with E-state index in [-0.39, 0.29) is 5.91 Å². The van der Waals surface area contributed by atoms with Gasteiger partial charge in [0.1, 0.15) is 0 Å². The highest BCUT2D eigenvalue weighted by Gasteiger charge is 2.14. The maximum Gasteiger partial charge on any atom is 0.271 e. The smallest absolute Gasteiger partial charge is 0.271 e. The molecule has 1 aromatic heterocycles. The third-order valence-corrected chi connectivity index (χ3v) is 6.19. The number of rotatable bonds is 6. The summed E-state index contributed by atoms with van der Waals surface area (Å²) in [6.45, 7) is 5.20. The number of hydrogen-bond donors (Lipinski definition) is 1. The zero-order valence-corrected chi connectivity index (χ0v) is 19.7. The molecule has 6 heteroatoms. The minimum atomic E-state index is -0.246. The van der Waals surface area contributed by atoms with Crippen LogP contribution in [-0.4, -0.2) is 43.0 Å². The predicted molar refractivity (Wildman–Crippen MR) is 140 cm³/mol. The summed E-state index contributed by atoms with van der Waals surface area (Å²) >= 11 is 0. The number of amides is 1. The molecule has 0 aliphatic carbocycles. The Labute approximate surface area is 205 Å². The van der Waals surface area contributed by atoms with Crippen LogP contribution in [0.4, 0.5) is 5.69 Å². The number of aryl methyl sites for hydroxylation is 1. The van der Waals surface area contributed by atoms with Crippen LogP contribution in [0, 0.1) is 6.92 Å². The third kappa shape index (κ3) is 5.03. The van der Waals surface area contributed by atoms with Crippen molar-refractivity contribution >= 4 is 17.8 Å². The Kier molecular flexibility index (Phi) is 6.73. The van der Waals surface area contributed by atoms with Gasteiger partial charge >= 0.3 is 0 Å². The van der Waals surface area contributed by atoms with E-state index in [1.807, 2.05) is 60.7 Å². The SMILES string of the molecule is Cc1ccc(-c2ccccc2)n1-c1ccc(C(=O)N/N=C\c2ccccc2N2CCOCC2)cc1. The summed E-state index contributed by atoms with van der Waals surface area (Å²) in [5.74, 6) is -0.246. The lowest BCUT2D eigenvalue weighted by Gasteiger charge is -2.29. The number of carbonyl (C=O) groups is 1. The summed E-state index contributed by atoms with van der Waals surface area (Å²) in [6, 6.07) is 30.1. The highest BCUT2D eigenvalue weighted by Crippen LogP contribution is 2.26. The summed E-state index contributed by atoms with van der Waals surface area (Å²) in [5.41, 5.74) is 9.66. The van der Waals surface area contributed by atoms with E-state index in [0.29, 0.717) is 18.8 Å². The molecule has 1 N–H and O–H groups in total. The Morgan fingerprint density at radius 3 is 2.37 bits per heavy atom. The van der Waals surface area contributed by atoms with Gasteiger partial charge in [-0.2, -0.15) is 5.10 Å². The van der Waals surface area contributed by atoms with Gasteiger partial charge in [-0.15, -0.1) is 0 Å². The molecular weight excluding hydrogens is 436 g/mol. The van der Waals surface area contributed by atoms with Gasteiger partial charge in [0.2, 0.25) is 0 Å². The van der Waals surface area contributed by atoms with Crippen LogP contribution in [0.25, 0.3) is 16.9 Å². The van der Waals surface area contributed by atoms with Crippen molar-refractivity contribution in [2.75, 3.05) is 31.2 Å². The van der Waals surface area contributed by atoms with Gasteiger partial charge in [-0.3, -0.25) is 4.79 Å². The molecule has 0 saturated carbocycles. The fraction of sp³-hybridized carbons (Fsp3) is 0.172. The minimum absolute atomic E-state index is 0.246. The highest BCUT2D eigenvalue weighted by molar-refractivity contribution is 5.95. The molecular formula is C29H28N4O2. The maximum atomic E-state index is 12.7. The van der Waals surface area contributed by atoms with Crippen LogP contribution in [0.15, 0.2) is 96.1 Å². The minimum Gasteiger partial charge on any atom is -0.378 e. The number of nitrogens with zero attached hydrogens (tertiary/aromatic N) is 3. The van der Waals surface area contributed by atoms with Gasteiger partial charge in [0.05, 0.1) is 25.1 Å². The molecule has 4 aromatic rings. The molecule has 5 rings (SSSR count). The zero-order chi connectivity index (χ0) is 24.0. The summed E-state index contributed by atoms with van der Waals surface area (Å²) in [6.07, 6.45) is 1.70. The van der Waals surface area contributed by atoms with E-state index in [1.165, 1.54) is 0 Å². The Hall–Kier alpha value is -4.16. The standard InChI is InChI=1S/C29H28N4O2/c1-22-11-16-28(23-7-3-2-4-8-23)33(22)26-14-12-24(13-15-26)29(34)31-30-21-25-9-5-6-10-27(25)32-17-19-35-20-18-32/h2-16,21H,17-20H2,1H3,(H,31,34)/b30-21-. The molecule has 1 saturated heterocycles. The number of benzene rings is 3. The molecule has 1 aliphatic rings. The van der Waals surface area contributed by atoms with Crippen LogP contribution in [0.1, 0.15) is 21.6 Å². The number of hydrogen-bond acceptors (Lipinski definition) is 4. The number of ether oxygens (including phenoxy) is 1. The molecule has 1 amide bonds. The van der Waals surface area contributed by atoms with E-state index in [4.69, 9.17) is 4.74 Å². The number of morpholine rings is 1. The van der Waals surface area contributed by atoms with Crippen LogP contribution >= 0.6 is 0 Å². The summed E-state index contributed by atoms with van der Waals surface area (Å²) in [5, 5.41) is 4.23. The van der Waals surface area contributed by atoms with E-state index in [9.17, 15) is 4.79 Å². The van der Waals surface area contributed by atoms with Crippen molar-refractivity contribution in [2.24, 2.45) is 5.10 Å². The number of carbonyl (C=O) groups excluding carboxylic acids is 1. The molecule has 0 unspecified atom stereocenters. The second-order valence-corrected chi connectivity index (χ2v) is 8.47. The van der Waals surface area contributed by atoms with E-state index in [0.717, 1.165) is 47.0 Å². The quantitative estimate of drug-likeness (QED) is 0.321. The largest absolute Gasteiger partial charge is 0.378 e. The van der Waals surface area contributed by atoms with Crippen molar-refractivity contribution in [1.29, 1.82) is 0 Å². The van der Waals surface area contributed by atoms with Crippen molar-refractivity contribution in [2.45, 2.75) is 6.92 Å². The van der Waals surface area contributed by atoms with E-state index < -0.39 is 0 Å². The van der Waals surface area contributed by atoms with Crippen LogP contribution in [0.3, 0.4) is 0 Å². The van der Waals surface area contributed by atoms with Gasteiger partial charge in [0, 0.05) is 41.3 Å². The molecule has 0 radical (unpaired) electrons. The molecule has 1 fully saturated rings. The molecule has 35 heavy (non-hydrogen) atoms. The van der Waals surface area contributed by atoms with Crippen molar-refractivity contribution < 1.29 is 9.53 Å². The first-order valence-corrected chi connectivity index (χ1v) is 11.8. The lowest BCUT2D eigenvalue weighted by molar-refractivity contribution is 0.0955. The van der Waals surface area contributed by atoms with Crippen molar-refractivity contribution in [3.05, 3.63) is 108 Å². The van der Waals surface area contributed by atoms with E-state index >= 15 is 0 Å². The third-order valence-electron chi connectivity index (χ3n) is 6.19. The zero-order valence-electron chi connectivity index (χ0n) is 19.7. The first kappa shape index (κ1) is 22.6. The Balaban J connectivity index is 1.29. The number of aromatic nitrogens is 1. The Morgan fingerprint density at radius 2 is 1.60 bits per heavy atom. The van der Waals surface area contributed by atoms with Gasteiger partial charge in [-0.05, 0) is 55.0 Å². The van der Waals surface area contributed by atoms with Gasteiger partial charge in [-0.25, -0.2) is 5.43 Å². The van der Waals surface area contributed by atoms with Gasteiger partial charge in [0.25, 0.3) is 5.91 Å². The first-order chi connectivity index (χ1) is 17.2. The van der Waals surface area contributed by atoms with Gasteiger partial charge in [-0.1, -0.05) is 48.5 Å². The van der Waals surface area contributed by atoms with Crippen molar-refractivity contribution in [3.63, 3.8) is 0 Å². The fourth-order valence-corrected chi connectivity index (χ4v) is 4.39. The maximum absolute atomic E-state index is 12.7. The molecule has 2 heterocycles. The Morgan fingerprint density at radius 1 is 0.886 bits per heavy atom. The lowest BCUT2D eigenvalue weighted by Crippen LogP contribution is -2.36. The van der Waals surface area contributed by atoms with Crippen LogP contribution < -0.4 is 10.3 Å². The van der Waals surface area contributed by atoms with Crippen LogP contribution in [0.2, 0.25) is 0 Å². The second-order valence-electron chi connectivity index (χ2n) is 8.47. The highest BCUT2D eigenvalue weighted by atomic mass is 16.5. The first-order valence-electron chi connectivity index (χ1n) is 11.8. The molecule has 6 nitrogen and oxygen atoms in total. The average molecular weight is 465 g/mol. The molecule has 1 aliphatic heterocycles. The Bertz CT molecular complexity index is 1320. The number of nitrogens with one attached hydrogen (secondary N) is 1. The molecule has 176 valence electrons. The second kappa shape index (κ2) is 10.4. The molecule has 3 aromatic carbocycles. The normalized spacial score (nSPS) is 13.8. The van der Waals surface area contributed by atoms with Crippen molar-refractivity contribution in [3.8, 4) is 16.9 Å². The van der Waals surface area contributed by atoms with Crippen LogP contribution in [-0.2, 0) is 4.74 Å². The average Bonchev–Trinajstić information content (AvgIpc) is 3.31. The van der Waals surface area contributed by atoms with Crippen LogP contribution in [0.5, 0.6) is 0 Å². The summed E-state index contributed by atoms with van der Waals surface area (Å²) < 4.78 is 7.65. The topological polar surface area (TPSA) is 58.9 Å². The molecule has 0 spiro atoms. The fourth-order valence-electron chi connectivity index (χ4n) is 4.39.